The van der Waals surface area contributed by atoms with E-state index in [0.29, 0.717) is 6.92 Å². The van der Waals surface area contributed by atoms with Crippen LogP contribution < -0.4 is 0 Å². The largest absolute Gasteiger partial charge is 0.456 e. The van der Waals surface area contributed by atoms with Gasteiger partial charge in [0.15, 0.2) is 0 Å². The summed E-state index contributed by atoms with van der Waals surface area (Å²) in [7, 11) is 0. The molecule has 0 saturated carbocycles. The number of benzene rings is 1. The van der Waals surface area contributed by atoms with Crippen molar-refractivity contribution in [2.75, 3.05) is 0 Å². The van der Waals surface area contributed by atoms with Crippen LogP contribution in [-0.4, -0.2) is 11.6 Å². The molecule has 0 spiro atoms. The lowest BCUT2D eigenvalue weighted by Gasteiger charge is -2.20. The molecule has 0 atom stereocenters. The summed E-state index contributed by atoms with van der Waals surface area (Å²) in [5, 5.41) is 0. The molecular formula is C13H15F3O2. The number of hydrogen-bond acceptors (Lipinski definition) is 2. The number of rotatable bonds is 2. The van der Waals surface area contributed by atoms with Gasteiger partial charge in [0, 0.05) is 12.5 Å². The fourth-order valence-electron chi connectivity index (χ4n) is 1.29. The standard InChI is InChI=1S/C13H15F3O2/c1-12(2,3)18-11(17)9-7-8(13(4,15)16)5-6-10(9)14/h5-7H,1-4H3. The van der Waals surface area contributed by atoms with Gasteiger partial charge in [-0.2, -0.15) is 0 Å². The maximum absolute atomic E-state index is 13.4. The molecule has 0 aliphatic carbocycles. The van der Waals surface area contributed by atoms with Crippen LogP contribution in [0.2, 0.25) is 0 Å². The third-order valence-electron chi connectivity index (χ3n) is 2.09. The Morgan fingerprint density at radius 3 is 2.17 bits per heavy atom. The fourth-order valence-corrected chi connectivity index (χ4v) is 1.29. The molecule has 2 nitrogen and oxygen atoms in total. The van der Waals surface area contributed by atoms with Crippen LogP contribution in [-0.2, 0) is 10.7 Å². The van der Waals surface area contributed by atoms with Gasteiger partial charge in [-0.3, -0.25) is 0 Å². The van der Waals surface area contributed by atoms with Crippen molar-refractivity contribution >= 4 is 5.97 Å². The summed E-state index contributed by atoms with van der Waals surface area (Å²) in [5.74, 6) is -4.96. The van der Waals surface area contributed by atoms with Gasteiger partial charge in [0.2, 0.25) is 0 Å². The van der Waals surface area contributed by atoms with E-state index in [4.69, 9.17) is 4.74 Å². The normalized spacial score (nSPS) is 12.4. The third-order valence-corrected chi connectivity index (χ3v) is 2.09. The minimum absolute atomic E-state index is 0.426. The summed E-state index contributed by atoms with van der Waals surface area (Å²) >= 11 is 0. The molecule has 5 heteroatoms. The van der Waals surface area contributed by atoms with Crippen molar-refractivity contribution in [3.8, 4) is 0 Å². The zero-order valence-corrected chi connectivity index (χ0v) is 10.7. The Balaban J connectivity index is 3.13. The van der Waals surface area contributed by atoms with Crippen LogP contribution in [0.1, 0.15) is 43.6 Å². The Labute approximate surface area is 104 Å². The molecule has 0 heterocycles. The van der Waals surface area contributed by atoms with E-state index in [-0.39, 0.29) is 0 Å². The molecule has 1 aromatic carbocycles. The van der Waals surface area contributed by atoms with E-state index >= 15 is 0 Å². The molecular weight excluding hydrogens is 245 g/mol. The molecule has 18 heavy (non-hydrogen) atoms. The van der Waals surface area contributed by atoms with Crippen LogP contribution in [0.5, 0.6) is 0 Å². The van der Waals surface area contributed by atoms with Crippen molar-refractivity contribution in [2.24, 2.45) is 0 Å². The molecule has 0 saturated heterocycles. The van der Waals surface area contributed by atoms with Crippen LogP contribution in [0.4, 0.5) is 13.2 Å². The quantitative estimate of drug-likeness (QED) is 0.754. The van der Waals surface area contributed by atoms with Crippen molar-refractivity contribution in [1.29, 1.82) is 0 Å². The molecule has 0 N–H and O–H groups in total. The van der Waals surface area contributed by atoms with E-state index in [0.717, 1.165) is 18.2 Å². The number of esters is 1. The molecule has 0 fully saturated rings. The SMILES string of the molecule is CC(C)(C)OC(=O)c1cc(C(C)(F)F)ccc1F. The molecule has 0 amide bonds. The van der Waals surface area contributed by atoms with Gasteiger partial charge in [0.1, 0.15) is 11.4 Å². The van der Waals surface area contributed by atoms with Gasteiger partial charge in [-0.25, -0.2) is 18.0 Å². The van der Waals surface area contributed by atoms with Crippen LogP contribution in [0.25, 0.3) is 0 Å². The topological polar surface area (TPSA) is 26.3 Å². The van der Waals surface area contributed by atoms with Crippen molar-refractivity contribution < 1.29 is 22.7 Å². The Kier molecular flexibility index (Phi) is 3.74. The van der Waals surface area contributed by atoms with Crippen LogP contribution in [0.3, 0.4) is 0 Å². The van der Waals surface area contributed by atoms with Gasteiger partial charge >= 0.3 is 5.97 Å². The second-order valence-electron chi connectivity index (χ2n) is 5.08. The molecule has 0 unspecified atom stereocenters. The van der Waals surface area contributed by atoms with Crippen LogP contribution in [0, 0.1) is 5.82 Å². The van der Waals surface area contributed by atoms with Crippen molar-refractivity contribution in [2.45, 2.75) is 39.2 Å². The summed E-state index contributed by atoms with van der Waals surface area (Å²) in [4.78, 5) is 11.7. The van der Waals surface area contributed by atoms with Crippen molar-refractivity contribution in [3.63, 3.8) is 0 Å². The number of hydrogen-bond donors (Lipinski definition) is 0. The number of alkyl halides is 2. The van der Waals surface area contributed by atoms with E-state index in [1.807, 2.05) is 0 Å². The first-order chi connectivity index (χ1) is 8.00. The minimum Gasteiger partial charge on any atom is -0.456 e. The van der Waals surface area contributed by atoms with Crippen molar-refractivity contribution in [3.05, 3.63) is 35.1 Å². The van der Waals surface area contributed by atoms with Gasteiger partial charge in [-0.15, -0.1) is 0 Å². The van der Waals surface area contributed by atoms with Gasteiger partial charge in [-0.1, -0.05) is 6.07 Å². The maximum atomic E-state index is 13.4. The van der Waals surface area contributed by atoms with E-state index in [2.05, 4.69) is 0 Å². The highest BCUT2D eigenvalue weighted by atomic mass is 19.3. The average Bonchev–Trinajstić information content (AvgIpc) is 2.13. The molecule has 0 radical (unpaired) electrons. The summed E-state index contributed by atoms with van der Waals surface area (Å²) in [6.07, 6.45) is 0. The second kappa shape index (κ2) is 4.63. The first-order valence-electron chi connectivity index (χ1n) is 5.42. The highest BCUT2D eigenvalue weighted by Crippen LogP contribution is 2.28. The van der Waals surface area contributed by atoms with Gasteiger partial charge in [0.05, 0.1) is 5.56 Å². The predicted octanol–water partition coefficient (Wildman–Crippen LogP) is 3.89. The Morgan fingerprint density at radius 2 is 1.72 bits per heavy atom. The lowest BCUT2D eigenvalue weighted by Crippen LogP contribution is -2.24. The Hall–Kier alpha value is -1.52. The third kappa shape index (κ3) is 3.75. The first-order valence-corrected chi connectivity index (χ1v) is 5.42. The summed E-state index contributed by atoms with van der Waals surface area (Å²) in [6, 6.07) is 2.61. The lowest BCUT2D eigenvalue weighted by molar-refractivity contribution is 0.00609. The number of ether oxygens (including phenoxy) is 1. The molecule has 0 aliphatic rings. The first kappa shape index (κ1) is 14.5. The van der Waals surface area contributed by atoms with Crippen LogP contribution in [0.15, 0.2) is 18.2 Å². The smallest absolute Gasteiger partial charge is 0.341 e. The molecule has 0 bridgehead atoms. The van der Waals surface area contributed by atoms with Gasteiger partial charge < -0.3 is 4.74 Å². The summed E-state index contributed by atoms with van der Waals surface area (Å²) in [6.45, 7) is 5.52. The number of halogens is 3. The summed E-state index contributed by atoms with van der Waals surface area (Å²) < 4.78 is 44.6. The number of carbonyl (C=O) groups excluding carboxylic acids is 1. The van der Waals surface area contributed by atoms with Crippen LogP contribution >= 0.6 is 0 Å². The Morgan fingerprint density at radius 1 is 1.17 bits per heavy atom. The fraction of sp³-hybridized carbons (Fsp3) is 0.462. The highest BCUT2D eigenvalue weighted by Gasteiger charge is 2.28. The zero-order valence-electron chi connectivity index (χ0n) is 10.7. The van der Waals surface area contributed by atoms with Gasteiger partial charge in [-0.05, 0) is 32.9 Å². The van der Waals surface area contributed by atoms with E-state index < -0.39 is 34.4 Å². The molecule has 0 aromatic heterocycles. The predicted molar refractivity (Wildman–Crippen MR) is 61.1 cm³/mol. The highest BCUT2D eigenvalue weighted by molar-refractivity contribution is 5.90. The zero-order chi connectivity index (χ0) is 14.1. The molecule has 1 aromatic rings. The second-order valence-corrected chi connectivity index (χ2v) is 5.08. The van der Waals surface area contributed by atoms with E-state index in [9.17, 15) is 18.0 Å². The molecule has 100 valence electrons. The average molecular weight is 260 g/mol. The van der Waals surface area contributed by atoms with Gasteiger partial charge in [0.25, 0.3) is 5.92 Å². The van der Waals surface area contributed by atoms with Crippen molar-refractivity contribution in [1.82, 2.24) is 0 Å². The van der Waals surface area contributed by atoms with E-state index in [1.54, 1.807) is 20.8 Å². The van der Waals surface area contributed by atoms with E-state index in [1.165, 1.54) is 0 Å². The molecule has 1 rings (SSSR count). The molecule has 0 aliphatic heterocycles. The maximum Gasteiger partial charge on any atom is 0.341 e. The minimum atomic E-state index is -3.13. The monoisotopic (exact) mass is 260 g/mol. The number of carbonyl (C=O) groups is 1. The summed E-state index contributed by atoms with van der Waals surface area (Å²) in [5.41, 5.74) is -1.72. The Bertz CT molecular complexity index is 456. The lowest BCUT2D eigenvalue weighted by atomic mass is 10.1.